The molecule has 26 heavy (non-hydrogen) atoms. The van der Waals surface area contributed by atoms with Gasteiger partial charge in [-0.15, -0.1) is 0 Å². The molecule has 1 aromatic heterocycles. The lowest BCUT2D eigenvalue weighted by molar-refractivity contribution is -0.132. The van der Waals surface area contributed by atoms with Gasteiger partial charge in [-0.25, -0.2) is 0 Å². The zero-order chi connectivity index (χ0) is 18.5. The summed E-state index contributed by atoms with van der Waals surface area (Å²) >= 11 is 0. The first kappa shape index (κ1) is 18.4. The molecule has 138 valence electrons. The number of pyridine rings is 1. The van der Waals surface area contributed by atoms with E-state index in [0.717, 1.165) is 49.5 Å². The Morgan fingerprint density at radius 1 is 1.31 bits per heavy atom. The van der Waals surface area contributed by atoms with Crippen molar-refractivity contribution < 1.29 is 9.53 Å². The van der Waals surface area contributed by atoms with E-state index in [-0.39, 0.29) is 5.91 Å². The number of ether oxygens (including phenoxy) is 1. The number of methoxy groups -OCH3 is 1. The first-order chi connectivity index (χ1) is 12.6. The summed E-state index contributed by atoms with van der Waals surface area (Å²) in [5.41, 5.74) is 4.57. The molecule has 0 radical (unpaired) electrons. The molecule has 3 rings (SSSR count). The number of likely N-dealkylation sites (tertiary alicyclic amines) is 1. The van der Waals surface area contributed by atoms with Gasteiger partial charge in [0.1, 0.15) is 5.75 Å². The van der Waals surface area contributed by atoms with Gasteiger partial charge in [-0.3, -0.25) is 9.78 Å². The third kappa shape index (κ3) is 4.24. The van der Waals surface area contributed by atoms with Crippen LogP contribution in [0.15, 0.2) is 36.4 Å². The predicted molar refractivity (Wildman–Crippen MR) is 104 cm³/mol. The van der Waals surface area contributed by atoms with Crippen molar-refractivity contribution in [3.05, 3.63) is 58.9 Å². The van der Waals surface area contributed by atoms with Crippen LogP contribution in [0.2, 0.25) is 0 Å². The van der Waals surface area contributed by atoms with Gasteiger partial charge in [0.15, 0.2) is 0 Å². The quantitative estimate of drug-likeness (QED) is 0.813. The number of nitrogens with zero attached hydrogens (tertiary/aromatic N) is 2. The van der Waals surface area contributed by atoms with Crippen molar-refractivity contribution in [2.24, 2.45) is 0 Å². The molecular formula is C22H28N2O2. The number of hydrogen-bond acceptors (Lipinski definition) is 3. The van der Waals surface area contributed by atoms with E-state index in [2.05, 4.69) is 18.2 Å². The zero-order valence-corrected chi connectivity index (χ0v) is 16.0. The molecule has 1 atom stereocenters. The van der Waals surface area contributed by atoms with Gasteiger partial charge in [0.05, 0.1) is 7.11 Å². The number of para-hydroxylation sites is 1. The fraction of sp³-hybridized carbons (Fsp3) is 0.455. The second kappa shape index (κ2) is 8.35. The van der Waals surface area contributed by atoms with Crippen LogP contribution in [0, 0.1) is 6.92 Å². The lowest BCUT2D eigenvalue weighted by atomic mass is 9.92. The minimum Gasteiger partial charge on any atom is -0.496 e. The number of aromatic nitrogens is 1. The molecule has 0 saturated carbocycles. The van der Waals surface area contributed by atoms with Crippen LogP contribution in [0.1, 0.15) is 54.6 Å². The normalized spacial score (nSPS) is 17.2. The van der Waals surface area contributed by atoms with Crippen molar-refractivity contribution in [3.8, 4) is 5.75 Å². The summed E-state index contributed by atoms with van der Waals surface area (Å²) in [6, 6.07) is 12.5. The topological polar surface area (TPSA) is 42.4 Å². The van der Waals surface area contributed by atoms with Gasteiger partial charge >= 0.3 is 0 Å². The number of carbonyl (C=O) groups excluding carboxylic acids is 1. The molecule has 1 aromatic carbocycles. The molecule has 0 bridgehead atoms. The number of piperidine rings is 1. The fourth-order valence-corrected chi connectivity index (χ4v) is 3.82. The molecule has 1 aliphatic rings. The van der Waals surface area contributed by atoms with Gasteiger partial charge in [-0.2, -0.15) is 0 Å². The standard InChI is InChI=1S/C22H28N2O2/c1-4-22(25)24-11-7-9-19(15-24)20-14-17(12-16(2)23-20)13-18-8-5-6-10-21(18)26-3/h5-6,8,10,12,14,19H,4,7,9,11,13,15H2,1-3H3. The third-order valence-electron chi connectivity index (χ3n) is 5.11. The van der Waals surface area contributed by atoms with Crippen LogP contribution in [0.5, 0.6) is 5.75 Å². The molecule has 4 heteroatoms. The molecule has 1 amide bonds. The summed E-state index contributed by atoms with van der Waals surface area (Å²) in [6.45, 7) is 5.65. The average Bonchev–Trinajstić information content (AvgIpc) is 2.67. The number of carbonyl (C=O) groups is 1. The van der Waals surface area contributed by atoms with Crippen LogP contribution < -0.4 is 4.74 Å². The smallest absolute Gasteiger partial charge is 0.222 e. The summed E-state index contributed by atoms with van der Waals surface area (Å²) in [4.78, 5) is 18.9. The monoisotopic (exact) mass is 352 g/mol. The van der Waals surface area contributed by atoms with Crippen molar-refractivity contribution in [1.29, 1.82) is 0 Å². The van der Waals surface area contributed by atoms with E-state index in [4.69, 9.17) is 9.72 Å². The summed E-state index contributed by atoms with van der Waals surface area (Å²) < 4.78 is 5.49. The molecule has 1 saturated heterocycles. The van der Waals surface area contributed by atoms with E-state index in [9.17, 15) is 4.79 Å². The molecular weight excluding hydrogens is 324 g/mol. The first-order valence-corrected chi connectivity index (χ1v) is 9.47. The highest BCUT2D eigenvalue weighted by atomic mass is 16.5. The SMILES string of the molecule is CCC(=O)N1CCCC(c2cc(Cc3ccccc3OC)cc(C)n2)C1. The maximum atomic E-state index is 12.1. The Morgan fingerprint density at radius 3 is 2.88 bits per heavy atom. The maximum absolute atomic E-state index is 12.1. The van der Waals surface area contributed by atoms with E-state index in [0.29, 0.717) is 12.3 Å². The minimum absolute atomic E-state index is 0.247. The van der Waals surface area contributed by atoms with Crippen molar-refractivity contribution in [1.82, 2.24) is 9.88 Å². The average molecular weight is 352 g/mol. The highest BCUT2D eigenvalue weighted by Crippen LogP contribution is 2.28. The third-order valence-corrected chi connectivity index (χ3v) is 5.11. The van der Waals surface area contributed by atoms with Gasteiger partial charge in [0.2, 0.25) is 5.91 Å². The van der Waals surface area contributed by atoms with Crippen LogP contribution in [0.4, 0.5) is 0 Å². The highest BCUT2D eigenvalue weighted by Gasteiger charge is 2.25. The Morgan fingerprint density at radius 2 is 2.12 bits per heavy atom. The number of aryl methyl sites for hydroxylation is 1. The minimum atomic E-state index is 0.247. The number of rotatable bonds is 5. The van der Waals surface area contributed by atoms with E-state index in [1.807, 2.05) is 36.9 Å². The second-order valence-electron chi connectivity index (χ2n) is 7.06. The van der Waals surface area contributed by atoms with Crippen molar-refractivity contribution in [2.75, 3.05) is 20.2 Å². The molecule has 0 aliphatic carbocycles. The molecule has 2 aromatic rings. The van der Waals surface area contributed by atoms with E-state index < -0.39 is 0 Å². The zero-order valence-electron chi connectivity index (χ0n) is 16.0. The van der Waals surface area contributed by atoms with Crippen molar-refractivity contribution in [3.63, 3.8) is 0 Å². The Balaban J connectivity index is 1.82. The Bertz CT molecular complexity index is 772. The molecule has 1 aliphatic heterocycles. The fourth-order valence-electron chi connectivity index (χ4n) is 3.82. The summed E-state index contributed by atoms with van der Waals surface area (Å²) in [7, 11) is 1.71. The molecule has 4 nitrogen and oxygen atoms in total. The molecule has 1 fully saturated rings. The highest BCUT2D eigenvalue weighted by molar-refractivity contribution is 5.76. The molecule has 1 unspecified atom stereocenters. The van der Waals surface area contributed by atoms with Crippen molar-refractivity contribution in [2.45, 2.75) is 45.4 Å². The van der Waals surface area contributed by atoms with E-state index >= 15 is 0 Å². The van der Waals surface area contributed by atoms with Crippen molar-refractivity contribution >= 4 is 5.91 Å². The lowest BCUT2D eigenvalue weighted by Crippen LogP contribution is -2.38. The second-order valence-corrected chi connectivity index (χ2v) is 7.06. The molecule has 2 heterocycles. The number of hydrogen-bond donors (Lipinski definition) is 0. The van der Waals surface area contributed by atoms with Crippen LogP contribution in [0.25, 0.3) is 0 Å². The summed E-state index contributed by atoms with van der Waals surface area (Å²) in [5, 5.41) is 0. The number of benzene rings is 1. The van der Waals surface area contributed by atoms with Gasteiger partial charge in [-0.1, -0.05) is 25.1 Å². The van der Waals surface area contributed by atoms with Gasteiger partial charge in [0.25, 0.3) is 0 Å². The lowest BCUT2D eigenvalue weighted by Gasteiger charge is -2.32. The van der Waals surface area contributed by atoms with Crippen LogP contribution in [-0.2, 0) is 11.2 Å². The van der Waals surface area contributed by atoms with Crippen LogP contribution in [-0.4, -0.2) is 36.0 Å². The first-order valence-electron chi connectivity index (χ1n) is 9.47. The van der Waals surface area contributed by atoms with Gasteiger partial charge in [0, 0.05) is 43.2 Å². The molecule has 0 spiro atoms. The summed E-state index contributed by atoms with van der Waals surface area (Å²) in [5.74, 6) is 1.49. The summed E-state index contributed by atoms with van der Waals surface area (Å²) in [6.07, 6.45) is 3.55. The van der Waals surface area contributed by atoms with E-state index in [1.165, 1.54) is 11.1 Å². The Labute approximate surface area is 156 Å². The van der Waals surface area contributed by atoms with Crippen LogP contribution in [0.3, 0.4) is 0 Å². The predicted octanol–water partition coefficient (Wildman–Crippen LogP) is 4.11. The number of amides is 1. The van der Waals surface area contributed by atoms with Gasteiger partial charge in [-0.05, 0) is 49.1 Å². The Kier molecular flexibility index (Phi) is 5.92. The van der Waals surface area contributed by atoms with E-state index in [1.54, 1.807) is 7.11 Å². The molecule has 0 N–H and O–H groups in total. The van der Waals surface area contributed by atoms with Gasteiger partial charge < -0.3 is 9.64 Å². The maximum Gasteiger partial charge on any atom is 0.222 e. The van der Waals surface area contributed by atoms with Crippen LogP contribution >= 0.6 is 0 Å². The largest absolute Gasteiger partial charge is 0.496 e. The Hall–Kier alpha value is -2.36.